The number of amidine groups is 1. The molecule has 1 N–H and O–H groups in total. The number of aliphatic imine (C=N–C) groups is 2. The van der Waals surface area contributed by atoms with Crippen molar-refractivity contribution in [3.63, 3.8) is 0 Å². The van der Waals surface area contributed by atoms with Crippen LogP contribution < -0.4 is 5.32 Å². The van der Waals surface area contributed by atoms with Crippen LogP contribution >= 0.6 is 11.9 Å². The molecule has 1 aliphatic heterocycles. The fourth-order valence-electron chi connectivity index (χ4n) is 3.90. The van der Waals surface area contributed by atoms with Crippen molar-refractivity contribution in [1.82, 2.24) is 9.62 Å². The van der Waals surface area contributed by atoms with Gasteiger partial charge in [0.05, 0.1) is 6.04 Å². The van der Waals surface area contributed by atoms with Crippen LogP contribution in [0.1, 0.15) is 51.9 Å². The van der Waals surface area contributed by atoms with E-state index in [4.69, 9.17) is 4.99 Å². The molecule has 3 fully saturated rings. The van der Waals surface area contributed by atoms with Crippen LogP contribution in [-0.2, 0) is 0 Å². The molecule has 4 nitrogen and oxygen atoms in total. The lowest BCUT2D eigenvalue weighted by Gasteiger charge is -2.29. The van der Waals surface area contributed by atoms with Gasteiger partial charge in [0.2, 0.25) is 0 Å². The van der Waals surface area contributed by atoms with Crippen molar-refractivity contribution >= 4 is 24.5 Å². The second kappa shape index (κ2) is 10.3. The summed E-state index contributed by atoms with van der Waals surface area (Å²) < 4.78 is 2.54. The first kappa shape index (κ1) is 20.4. The molecule has 3 aliphatic rings. The highest BCUT2D eigenvalue weighted by Gasteiger charge is 2.28. The molecule has 2 atom stereocenters. The number of nitrogens with one attached hydrogen (secondary N) is 1. The molecule has 2 saturated carbocycles. The molecule has 0 aromatic carbocycles. The molecule has 0 radical (unpaired) electrons. The number of rotatable bonds is 8. The molecular weight excluding hydrogens is 352 g/mol. The third kappa shape index (κ3) is 6.35. The molecule has 0 aromatic rings. The first-order valence-corrected chi connectivity index (χ1v) is 11.2. The smallest absolute Gasteiger partial charge is 0.134 e. The van der Waals surface area contributed by atoms with Crippen LogP contribution in [0, 0.1) is 11.8 Å². The van der Waals surface area contributed by atoms with Crippen LogP contribution in [0.15, 0.2) is 46.7 Å². The molecule has 3 rings (SSSR count). The Kier molecular flexibility index (Phi) is 7.77. The molecule has 0 bridgehead atoms. The van der Waals surface area contributed by atoms with Crippen LogP contribution in [-0.4, -0.2) is 41.2 Å². The highest BCUT2D eigenvalue weighted by Crippen LogP contribution is 2.37. The van der Waals surface area contributed by atoms with Gasteiger partial charge < -0.3 is 5.32 Å². The van der Waals surface area contributed by atoms with E-state index in [0.717, 1.165) is 48.5 Å². The van der Waals surface area contributed by atoms with E-state index in [9.17, 15) is 0 Å². The molecule has 0 aromatic heterocycles. The highest BCUT2D eigenvalue weighted by atomic mass is 32.2. The SMILES string of the molecule is C=CNC(=N/C1CCN(SC2CC2)CC1)/C(/C=C\C1CCCC1C)=C\N=C. The molecule has 2 aliphatic carbocycles. The fraction of sp³-hybridized carbons (Fsp3) is 0.636. The summed E-state index contributed by atoms with van der Waals surface area (Å²) >= 11 is 2.06. The zero-order valence-corrected chi connectivity index (χ0v) is 17.5. The summed E-state index contributed by atoms with van der Waals surface area (Å²) in [6.45, 7) is 12.1. The van der Waals surface area contributed by atoms with Crippen LogP contribution in [0.5, 0.6) is 0 Å². The van der Waals surface area contributed by atoms with Gasteiger partial charge in [0, 0.05) is 30.1 Å². The fourth-order valence-corrected chi connectivity index (χ4v) is 5.09. The minimum Gasteiger partial charge on any atom is -0.347 e. The maximum absolute atomic E-state index is 5.03. The van der Waals surface area contributed by atoms with Gasteiger partial charge in [-0.05, 0) is 56.9 Å². The van der Waals surface area contributed by atoms with E-state index < -0.39 is 0 Å². The second-order valence-electron chi connectivity index (χ2n) is 7.99. The van der Waals surface area contributed by atoms with Crippen LogP contribution in [0.4, 0.5) is 0 Å². The van der Waals surface area contributed by atoms with Crippen molar-refractivity contribution in [3.05, 3.63) is 36.7 Å². The van der Waals surface area contributed by atoms with Gasteiger partial charge in [0.15, 0.2) is 0 Å². The number of piperidine rings is 1. The highest BCUT2D eigenvalue weighted by molar-refractivity contribution is 7.97. The van der Waals surface area contributed by atoms with Gasteiger partial charge in [-0.3, -0.25) is 14.3 Å². The van der Waals surface area contributed by atoms with Crippen molar-refractivity contribution in [3.8, 4) is 0 Å². The number of nitrogens with zero attached hydrogens (tertiary/aromatic N) is 3. The quantitative estimate of drug-likeness (QED) is 0.277. The van der Waals surface area contributed by atoms with E-state index in [0.29, 0.717) is 12.0 Å². The van der Waals surface area contributed by atoms with E-state index in [1.807, 2.05) is 6.20 Å². The summed E-state index contributed by atoms with van der Waals surface area (Å²) in [6, 6.07) is 0.357. The summed E-state index contributed by atoms with van der Waals surface area (Å²) in [5.41, 5.74) is 0.999. The molecule has 1 heterocycles. The summed E-state index contributed by atoms with van der Waals surface area (Å²) in [6.07, 6.45) is 17.0. The molecule has 0 amide bonds. The first-order chi connectivity index (χ1) is 13.2. The summed E-state index contributed by atoms with van der Waals surface area (Å²) in [5, 5.41) is 4.13. The number of allylic oxidation sites excluding steroid dienone is 1. The molecule has 5 heteroatoms. The van der Waals surface area contributed by atoms with E-state index in [1.165, 1.54) is 32.1 Å². The number of hydrogen-bond donors (Lipinski definition) is 1. The van der Waals surface area contributed by atoms with Crippen molar-refractivity contribution in [2.75, 3.05) is 13.1 Å². The summed E-state index contributed by atoms with van der Waals surface area (Å²) in [7, 11) is 0. The third-order valence-corrected chi connectivity index (χ3v) is 7.18. The summed E-state index contributed by atoms with van der Waals surface area (Å²) in [4.78, 5) is 9.05. The average molecular weight is 387 g/mol. The maximum Gasteiger partial charge on any atom is 0.134 e. The maximum atomic E-state index is 5.03. The Morgan fingerprint density at radius 1 is 1.15 bits per heavy atom. The first-order valence-electron chi connectivity index (χ1n) is 10.4. The van der Waals surface area contributed by atoms with E-state index in [-0.39, 0.29) is 0 Å². The number of hydrogen-bond acceptors (Lipinski definition) is 4. The van der Waals surface area contributed by atoms with Crippen LogP contribution in [0.3, 0.4) is 0 Å². The molecule has 27 heavy (non-hydrogen) atoms. The zero-order chi connectivity index (χ0) is 19.1. The van der Waals surface area contributed by atoms with Crippen LogP contribution in [0.25, 0.3) is 0 Å². The Bertz CT molecular complexity index is 597. The van der Waals surface area contributed by atoms with Gasteiger partial charge in [0.25, 0.3) is 0 Å². The van der Waals surface area contributed by atoms with Gasteiger partial charge in [-0.25, -0.2) is 0 Å². The Balaban J connectivity index is 1.64. The van der Waals surface area contributed by atoms with Crippen molar-refractivity contribution < 1.29 is 0 Å². The molecule has 2 unspecified atom stereocenters. The van der Waals surface area contributed by atoms with Gasteiger partial charge in [-0.2, -0.15) is 0 Å². The normalized spacial score (nSPS) is 28.6. The monoisotopic (exact) mass is 386 g/mol. The lowest BCUT2D eigenvalue weighted by Crippen LogP contribution is -2.32. The largest absolute Gasteiger partial charge is 0.347 e. The van der Waals surface area contributed by atoms with Gasteiger partial charge >= 0.3 is 0 Å². The van der Waals surface area contributed by atoms with E-state index in [1.54, 1.807) is 6.20 Å². The minimum absolute atomic E-state index is 0.357. The lowest BCUT2D eigenvalue weighted by molar-refractivity contribution is 0.347. The lowest BCUT2D eigenvalue weighted by atomic mass is 9.97. The Morgan fingerprint density at radius 2 is 1.93 bits per heavy atom. The van der Waals surface area contributed by atoms with Gasteiger partial charge in [-0.1, -0.05) is 50.4 Å². The Morgan fingerprint density at radius 3 is 2.52 bits per heavy atom. The molecule has 1 saturated heterocycles. The van der Waals surface area contributed by atoms with Crippen molar-refractivity contribution in [2.45, 2.75) is 63.2 Å². The molecule has 148 valence electrons. The molecule has 0 spiro atoms. The zero-order valence-electron chi connectivity index (χ0n) is 16.6. The predicted molar refractivity (Wildman–Crippen MR) is 119 cm³/mol. The Labute approximate surface area is 169 Å². The van der Waals surface area contributed by atoms with Gasteiger partial charge in [0.1, 0.15) is 5.84 Å². The van der Waals surface area contributed by atoms with Crippen LogP contribution in [0.2, 0.25) is 0 Å². The standard InChI is InChI=1S/C22H34N4S/c1-4-24-22(19(16-23-3)9-8-18-7-5-6-17(18)2)25-20-12-14-26(15-13-20)27-21-10-11-21/h4,8-9,16-18,20-21H,1,3,5-7,10-15H2,2H3,(H,24,25)/b9-8-,19-16-. The molecular formula is C22H34N4S. The average Bonchev–Trinajstić information content (AvgIpc) is 3.39. The minimum atomic E-state index is 0.357. The van der Waals surface area contributed by atoms with Crippen molar-refractivity contribution in [2.24, 2.45) is 21.8 Å². The third-order valence-electron chi connectivity index (χ3n) is 5.75. The van der Waals surface area contributed by atoms with E-state index in [2.05, 4.69) is 58.9 Å². The predicted octanol–water partition coefficient (Wildman–Crippen LogP) is 4.97. The van der Waals surface area contributed by atoms with Gasteiger partial charge in [-0.15, -0.1) is 0 Å². The Hall–Kier alpha value is -1.33. The van der Waals surface area contributed by atoms with Crippen molar-refractivity contribution in [1.29, 1.82) is 0 Å². The topological polar surface area (TPSA) is 40.0 Å². The van der Waals surface area contributed by atoms with E-state index >= 15 is 0 Å². The summed E-state index contributed by atoms with van der Waals surface area (Å²) in [5.74, 6) is 2.29. The second-order valence-corrected chi connectivity index (χ2v) is 9.38.